The van der Waals surface area contributed by atoms with Crippen LogP contribution in [0.1, 0.15) is 5.69 Å². The molecule has 1 aliphatic heterocycles. The van der Waals surface area contributed by atoms with Crippen LogP contribution in [0.2, 0.25) is 0 Å². The zero-order valence-corrected chi connectivity index (χ0v) is 14.5. The first-order valence-corrected chi connectivity index (χ1v) is 9.28. The number of fused-ring (bicyclic) bond motifs is 2. The Morgan fingerprint density at radius 1 is 1.08 bits per heavy atom. The van der Waals surface area contributed by atoms with Gasteiger partial charge in [-0.25, -0.2) is 9.97 Å². The zero-order valence-electron chi connectivity index (χ0n) is 13.7. The molecular formula is C19H15N5OS. The number of nitrogens with one attached hydrogen (secondary N) is 2. The monoisotopic (exact) mass is 361 g/mol. The van der Waals surface area contributed by atoms with Gasteiger partial charge in [0.05, 0.1) is 22.3 Å². The SMILES string of the molecule is Oc1ccc(-c2nc3c(c(Nc4ccc5[nH]ncc5c4)n2)SCC3)cc1. The van der Waals surface area contributed by atoms with E-state index >= 15 is 0 Å². The topological polar surface area (TPSA) is 86.7 Å². The highest BCUT2D eigenvalue weighted by atomic mass is 32.2. The maximum Gasteiger partial charge on any atom is 0.161 e. The molecule has 4 aromatic rings. The van der Waals surface area contributed by atoms with E-state index in [1.807, 2.05) is 36.5 Å². The first kappa shape index (κ1) is 15.2. The molecule has 0 spiro atoms. The quantitative estimate of drug-likeness (QED) is 0.509. The second-order valence-electron chi connectivity index (χ2n) is 6.11. The summed E-state index contributed by atoms with van der Waals surface area (Å²) in [4.78, 5) is 10.6. The fraction of sp³-hybridized carbons (Fsp3) is 0.105. The molecule has 7 heteroatoms. The van der Waals surface area contributed by atoms with Gasteiger partial charge >= 0.3 is 0 Å². The summed E-state index contributed by atoms with van der Waals surface area (Å²) >= 11 is 1.78. The Kier molecular flexibility index (Phi) is 3.53. The van der Waals surface area contributed by atoms with Gasteiger partial charge in [-0.05, 0) is 42.5 Å². The second-order valence-corrected chi connectivity index (χ2v) is 7.22. The van der Waals surface area contributed by atoms with Crippen LogP contribution in [0.25, 0.3) is 22.3 Å². The minimum atomic E-state index is 0.234. The van der Waals surface area contributed by atoms with Crippen LogP contribution >= 0.6 is 11.8 Å². The molecule has 5 rings (SSSR count). The number of phenolic OH excluding ortho intramolecular Hbond substituents is 1. The summed E-state index contributed by atoms with van der Waals surface area (Å²) in [7, 11) is 0. The first-order valence-electron chi connectivity index (χ1n) is 8.29. The van der Waals surface area contributed by atoms with Crippen LogP contribution in [0.4, 0.5) is 11.5 Å². The number of rotatable bonds is 3. The number of H-pyrrole nitrogens is 1. The maximum atomic E-state index is 9.51. The third-order valence-corrected chi connectivity index (χ3v) is 5.48. The lowest BCUT2D eigenvalue weighted by Gasteiger charge is -2.12. The molecule has 2 aromatic carbocycles. The molecule has 0 atom stereocenters. The molecular weight excluding hydrogens is 346 g/mol. The number of aromatic amines is 1. The molecule has 0 bridgehead atoms. The van der Waals surface area contributed by atoms with Gasteiger partial charge in [0.15, 0.2) is 5.82 Å². The van der Waals surface area contributed by atoms with E-state index in [2.05, 4.69) is 15.5 Å². The molecule has 2 aromatic heterocycles. The van der Waals surface area contributed by atoms with Crippen LogP contribution in [0.15, 0.2) is 53.6 Å². The minimum absolute atomic E-state index is 0.234. The summed E-state index contributed by atoms with van der Waals surface area (Å²) in [6.07, 6.45) is 2.74. The van der Waals surface area contributed by atoms with Crippen LogP contribution in [0.5, 0.6) is 5.75 Å². The molecule has 128 valence electrons. The molecule has 6 nitrogen and oxygen atoms in total. The Morgan fingerprint density at radius 3 is 2.85 bits per heavy atom. The van der Waals surface area contributed by atoms with Gasteiger partial charge in [0.2, 0.25) is 0 Å². The Labute approximate surface area is 153 Å². The van der Waals surface area contributed by atoms with Crippen molar-refractivity contribution < 1.29 is 5.11 Å². The van der Waals surface area contributed by atoms with Crippen molar-refractivity contribution in [3.63, 3.8) is 0 Å². The summed E-state index contributed by atoms with van der Waals surface area (Å²) in [5.74, 6) is 2.73. The van der Waals surface area contributed by atoms with Gasteiger partial charge in [0, 0.05) is 28.8 Å². The largest absolute Gasteiger partial charge is 0.508 e. The Bertz CT molecular complexity index is 1110. The van der Waals surface area contributed by atoms with E-state index < -0.39 is 0 Å². The molecule has 0 radical (unpaired) electrons. The number of phenols is 1. The highest BCUT2D eigenvalue weighted by molar-refractivity contribution is 7.99. The number of benzene rings is 2. The standard InChI is InChI=1S/C19H15N5OS/c25-14-4-1-11(2-5-14)18-22-16-7-8-26-17(16)19(23-18)21-13-3-6-15-12(9-13)10-20-24-15/h1-6,9-10,25H,7-8H2,(H,20,24)(H,21,22,23). The van der Waals surface area contributed by atoms with Gasteiger partial charge in [0.1, 0.15) is 11.6 Å². The molecule has 3 N–H and O–H groups in total. The predicted octanol–water partition coefficient (Wildman–Crippen LogP) is 4.12. The third-order valence-electron chi connectivity index (χ3n) is 4.35. The summed E-state index contributed by atoms with van der Waals surface area (Å²) < 4.78 is 0. The van der Waals surface area contributed by atoms with E-state index in [1.54, 1.807) is 23.9 Å². The van der Waals surface area contributed by atoms with Crippen LogP contribution in [0, 0.1) is 0 Å². The Morgan fingerprint density at radius 2 is 1.96 bits per heavy atom. The number of aromatic hydroxyl groups is 1. The van der Waals surface area contributed by atoms with Crippen molar-refractivity contribution in [1.82, 2.24) is 20.2 Å². The third kappa shape index (κ3) is 2.66. The fourth-order valence-electron chi connectivity index (χ4n) is 3.05. The summed E-state index contributed by atoms with van der Waals surface area (Å²) in [5.41, 5.74) is 3.92. The van der Waals surface area contributed by atoms with Crippen molar-refractivity contribution >= 4 is 34.2 Å². The summed E-state index contributed by atoms with van der Waals surface area (Å²) in [6.45, 7) is 0. The Balaban J connectivity index is 1.57. The molecule has 0 fully saturated rings. The van der Waals surface area contributed by atoms with Crippen molar-refractivity contribution in [3.8, 4) is 17.1 Å². The maximum absolute atomic E-state index is 9.51. The van der Waals surface area contributed by atoms with E-state index in [9.17, 15) is 5.11 Å². The number of anilines is 2. The van der Waals surface area contributed by atoms with Gasteiger partial charge < -0.3 is 10.4 Å². The molecule has 0 saturated carbocycles. The summed E-state index contributed by atoms with van der Waals surface area (Å²) in [5, 5.41) is 21.0. The summed E-state index contributed by atoms with van der Waals surface area (Å²) in [6, 6.07) is 13.0. The number of thioether (sulfide) groups is 1. The van der Waals surface area contributed by atoms with Gasteiger partial charge in [-0.15, -0.1) is 11.8 Å². The van der Waals surface area contributed by atoms with Crippen LogP contribution in [-0.2, 0) is 6.42 Å². The number of aromatic nitrogens is 4. The van der Waals surface area contributed by atoms with Crippen molar-refractivity contribution in [1.29, 1.82) is 0 Å². The van der Waals surface area contributed by atoms with Crippen molar-refractivity contribution in [3.05, 3.63) is 54.4 Å². The highest BCUT2D eigenvalue weighted by Crippen LogP contribution is 2.38. The molecule has 26 heavy (non-hydrogen) atoms. The molecule has 0 saturated heterocycles. The van der Waals surface area contributed by atoms with E-state index in [0.717, 1.165) is 50.7 Å². The van der Waals surface area contributed by atoms with Crippen molar-refractivity contribution in [2.45, 2.75) is 11.3 Å². The normalized spacial score (nSPS) is 13.1. The van der Waals surface area contributed by atoms with Gasteiger partial charge in [-0.1, -0.05) is 0 Å². The number of nitrogens with zero attached hydrogens (tertiary/aromatic N) is 3. The van der Waals surface area contributed by atoms with Crippen LogP contribution in [-0.4, -0.2) is 31.0 Å². The van der Waals surface area contributed by atoms with Gasteiger partial charge in [-0.3, -0.25) is 5.10 Å². The van der Waals surface area contributed by atoms with E-state index in [-0.39, 0.29) is 5.75 Å². The lowest BCUT2D eigenvalue weighted by molar-refractivity contribution is 0.475. The molecule has 3 heterocycles. The zero-order chi connectivity index (χ0) is 17.5. The molecule has 1 aliphatic rings. The van der Waals surface area contributed by atoms with Gasteiger partial charge in [0.25, 0.3) is 0 Å². The number of hydrogen-bond acceptors (Lipinski definition) is 6. The van der Waals surface area contributed by atoms with E-state index in [4.69, 9.17) is 9.97 Å². The average Bonchev–Trinajstić information content (AvgIpc) is 3.30. The number of hydrogen-bond donors (Lipinski definition) is 3. The molecule has 0 unspecified atom stereocenters. The smallest absolute Gasteiger partial charge is 0.161 e. The van der Waals surface area contributed by atoms with E-state index in [1.165, 1.54) is 0 Å². The molecule has 0 aliphatic carbocycles. The molecule has 0 amide bonds. The highest BCUT2D eigenvalue weighted by Gasteiger charge is 2.21. The lowest BCUT2D eigenvalue weighted by atomic mass is 10.2. The Hall–Kier alpha value is -3.06. The minimum Gasteiger partial charge on any atom is -0.508 e. The lowest BCUT2D eigenvalue weighted by Crippen LogP contribution is -2.02. The van der Waals surface area contributed by atoms with Crippen LogP contribution < -0.4 is 5.32 Å². The first-order chi connectivity index (χ1) is 12.8. The van der Waals surface area contributed by atoms with Crippen molar-refractivity contribution in [2.75, 3.05) is 11.1 Å². The fourth-order valence-corrected chi connectivity index (χ4v) is 4.10. The van der Waals surface area contributed by atoms with Gasteiger partial charge in [-0.2, -0.15) is 5.10 Å². The second kappa shape index (κ2) is 6.03. The van der Waals surface area contributed by atoms with Crippen molar-refractivity contribution in [2.24, 2.45) is 0 Å². The van der Waals surface area contributed by atoms with E-state index in [0.29, 0.717) is 5.82 Å². The van der Waals surface area contributed by atoms with Crippen LogP contribution in [0.3, 0.4) is 0 Å². The predicted molar refractivity (Wildman–Crippen MR) is 103 cm³/mol. The number of aryl methyl sites for hydroxylation is 1. The average molecular weight is 361 g/mol.